The van der Waals surface area contributed by atoms with Crippen molar-refractivity contribution in [1.82, 2.24) is 5.06 Å². The van der Waals surface area contributed by atoms with Gasteiger partial charge in [-0.15, -0.1) is 0 Å². The molecule has 90 valence electrons. The summed E-state index contributed by atoms with van der Waals surface area (Å²) < 4.78 is 11.3. The molecule has 0 aromatic heterocycles. The number of hydrogen-bond acceptors (Lipinski definition) is 3. The third-order valence-electron chi connectivity index (χ3n) is 3.09. The monoisotopic (exact) mass is 237 g/mol. The van der Waals surface area contributed by atoms with Crippen LogP contribution in [-0.2, 0) is 4.57 Å². The van der Waals surface area contributed by atoms with Crippen LogP contribution in [0.4, 0.5) is 0 Å². The summed E-state index contributed by atoms with van der Waals surface area (Å²) in [7, 11) is -4.07. The van der Waals surface area contributed by atoms with Gasteiger partial charge in [-0.25, -0.2) is 0 Å². The van der Waals surface area contributed by atoms with E-state index >= 15 is 0 Å². The van der Waals surface area contributed by atoms with Gasteiger partial charge in [-0.3, -0.25) is 4.57 Å². The minimum Gasteiger partial charge on any atom is -0.324 e. The van der Waals surface area contributed by atoms with Crippen molar-refractivity contribution in [3.8, 4) is 0 Å². The molecular weight excluding hydrogens is 217 g/mol. The van der Waals surface area contributed by atoms with Crippen molar-refractivity contribution in [2.45, 2.75) is 57.3 Å². The normalized spacial score (nSPS) is 27.9. The van der Waals surface area contributed by atoms with Crippen molar-refractivity contribution in [1.29, 1.82) is 0 Å². The van der Waals surface area contributed by atoms with Crippen molar-refractivity contribution in [3.05, 3.63) is 0 Å². The second kappa shape index (κ2) is 3.54. The van der Waals surface area contributed by atoms with Gasteiger partial charge >= 0.3 is 7.60 Å². The molecular formula is C9H20NO4P. The summed E-state index contributed by atoms with van der Waals surface area (Å²) in [6.45, 7) is 7.15. The Bertz CT molecular complexity index is 278. The molecule has 0 spiro atoms. The first-order valence-corrected chi connectivity index (χ1v) is 6.69. The van der Waals surface area contributed by atoms with Crippen molar-refractivity contribution >= 4 is 7.60 Å². The molecule has 0 aromatic rings. The first-order chi connectivity index (χ1) is 6.47. The molecule has 1 rings (SSSR count). The summed E-state index contributed by atoms with van der Waals surface area (Å²) in [5.41, 5.74) is -1.87. The van der Waals surface area contributed by atoms with Gasteiger partial charge in [0.1, 0.15) is 0 Å². The van der Waals surface area contributed by atoms with Crippen LogP contribution in [0.2, 0.25) is 0 Å². The van der Waals surface area contributed by atoms with Crippen molar-refractivity contribution in [2.75, 3.05) is 0 Å². The Morgan fingerprint density at radius 2 is 1.47 bits per heavy atom. The molecule has 1 heterocycles. The zero-order chi connectivity index (χ0) is 12.1. The van der Waals surface area contributed by atoms with Crippen molar-refractivity contribution in [2.24, 2.45) is 0 Å². The predicted octanol–water partition coefficient (Wildman–Crippen LogP) is 1.57. The van der Waals surface area contributed by atoms with Crippen LogP contribution in [0.5, 0.6) is 0 Å². The van der Waals surface area contributed by atoms with Gasteiger partial charge in [-0.05, 0) is 40.5 Å². The molecule has 0 radical (unpaired) electrons. The Morgan fingerprint density at radius 3 is 1.73 bits per heavy atom. The van der Waals surface area contributed by atoms with E-state index in [2.05, 4.69) is 0 Å². The van der Waals surface area contributed by atoms with Crippen LogP contribution in [-0.4, -0.2) is 36.8 Å². The van der Waals surface area contributed by atoms with Gasteiger partial charge in [0.05, 0.1) is 5.66 Å². The smallest absolute Gasteiger partial charge is 0.324 e. The molecule has 0 saturated carbocycles. The lowest BCUT2D eigenvalue weighted by atomic mass is 9.82. The Hall–Kier alpha value is 0.0700. The van der Waals surface area contributed by atoms with E-state index in [0.717, 1.165) is 0 Å². The van der Waals surface area contributed by atoms with Crippen LogP contribution >= 0.6 is 7.60 Å². The van der Waals surface area contributed by atoms with Crippen LogP contribution in [0, 0.1) is 0 Å². The lowest BCUT2D eigenvalue weighted by Gasteiger charge is -2.51. The maximum absolute atomic E-state index is 11.3. The quantitative estimate of drug-likeness (QED) is 0.603. The van der Waals surface area contributed by atoms with Gasteiger partial charge < -0.3 is 15.0 Å². The van der Waals surface area contributed by atoms with Gasteiger partial charge in [-0.2, -0.15) is 5.06 Å². The summed E-state index contributed by atoms with van der Waals surface area (Å²) in [5.74, 6) is 0. The summed E-state index contributed by atoms with van der Waals surface area (Å²) >= 11 is 0. The number of rotatable bonds is 1. The Kier molecular flexibility index (Phi) is 3.10. The molecule has 1 aliphatic heterocycles. The molecule has 0 amide bonds. The van der Waals surface area contributed by atoms with Gasteiger partial charge in [-0.1, -0.05) is 0 Å². The van der Waals surface area contributed by atoms with Crippen molar-refractivity contribution < 1.29 is 19.6 Å². The van der Waals surface area contributed by atoms with E-state index in [4.69, 9.17) is 0 Å². The SMILES string of the molecule is CC1(C)CC(P(=O)(O)O)CC(C)(C)N1O. The molecule has 0 atom stereocenters. The summed E-state index contributed by atoms with van der Waals surface area (Å²) in [5, 5.41) is 11.1. The molecule has 0 aliphatic carbocycles. The lowest BCUT2D eigenvalue weighted by Crippen LogP contribution is -2.60. The van der Waals surface area contributed by atoms with Crippen LogP contribution in [0.1, 0.15) is 40.5 Å². The average molecular weight is 237 g/mol. The molecule has 1 fully saturated rings. The molecule has 5 nitrogen and oxygen atoms in total. The maximum atomic E-state index is 11.3. The molecule has 0 unspecified atom stereocenters. The minimum atomic E-state index is -4.07. The highest BCUT2D eigenvalue weighted by Crippen LogP contribution is 2.52. The van der Waals surface area contributed by atoms with Crippen LogP contribution in [0.25, 0.3) is 0 Å². The Balaban J connectivity index is 2.99. The zero-order valence-electron chi connectivity index (χ0n) is 9.64. The largest absolute Gasteiger partial charge is 0.328 e. The van der Waals surface area contributed by atoms with E-state index in [0.29, 0.717) is 12.8 Å². The molecule has 0 aromatic carbocycles. The van der Waals surface area contributed by atoms with E-state index in [9.17, 15) is 19.6 Å². The van der Waals surface area contributed by atoms with Crippen LogP contribution in [0.3, 0.4) is 0 Å². The number of nitrogens with zero attached hydrogens (tertiary/aromatic N) is 1. The van der Waals surface area contributed by atoms with Gasteiger partial charge in [0.15, 0.2) is 0 Å². The first-order valence-electron chi connectivity index (χ1n) is 5.01. The van der Waals surface area contributed by atoms with Gasteiger partial charge in [0.2, 0.25) is 0 Å². The standard InChI is InChI=1S/C9H20NO4P/c1-8(2)5-7(15(12,13)14)6-9(3,4)10(8)11/h7,11H,5-6H2,1-4H3,(H2,12,13,14). The molecule has 6 heteroatoms. The number of hydrogen-bond donors (Lipinski definition) is 3. The fraction of sp³-hybridized carbons (Fsp3) is 1.00. The highest BCUT2D eigenvalue weighted by molar-refractivity contribution is 7.52. The summed E-state index contributed by atoms with van der Waals surface area (Å²) in [6.07, 6.45) is 0.606. The Morgan fingerprint density at radius 1 is 1.13 bits per heavy atom. The highest BCUT2D eigenvalue weighted by Gasteiger charge is 2.49. The molecule has 1 saturated heterocycles. The first kappa shape index (κ1) is 13.1. The van der Waals surface area contributed by atoms with Crippen molar-refractivity contribution in [3.63, 3.8) is 0 Å². The fourth-order valence-corrected chi connectivity index (χ4v) is 3.82. The zero-order valence-corrected chi connectivity index (χ0v) is 10.5. The van der Waals surface area contributed by atoms with E-state index in [-0.39, 0.29) is 0 Å². The van der Waals surface area contributed by atoms with Gasteiger partial charge in [0.25, 0.3) is 0 Å². The lowest BCUT2D eigenvalue weighted by molar-refractivity contribution is -0.241. The highest BCUT2D eigenvalue weighted by atomic mass is 31.2. The fourth-order valence-electron chi connectivity index (χ4n) is 2.46. The van der Waals surface area contributed by atoms with Crippen LogP contribution in [0.15, 0.2) is 0 Å². The minimum absolute atomic E-state index is 0.303. The molecule has 1 aliphatic rings. The topological polar surface area (TPSA) is 81.0 Å². The molecule has 15 heavy (non-hydrogen) atoms. The van der Waals surface area contributed by atoms with E-state index < -0.39 is 24.3 Å². The van der Waals surface area contributed by atoms with Crippen LogP contribution < -0.4 is 0 Å². The number of piperidine rings is 1. The van der Waals surface area contributed by atoms with E-state index in [1.54, 1.807) is 27.7 Å². The third-order valence-corrected chi connectivity index (χ3v) is 4.41. The summed E-state index contributed by atoms with van der Waals surface area (Å²) in [4.78, 5) is 18.4. The Labute approximate surface area is 90.2 Å². The van der Waals surface area contributed by atoms with E-state index in [1.807, 2.05) is 0 Å². The molecule has 0 bridgehead atoms. The van der Waals surface area contributed by atoms with Gasteiger partial charge in [0, 0.05) is 11.1 Å². The molecule has 3 N–H and O–H groups in total. The van der Waals surface area contributed by atoms with E-state index in [1.165, 1.54) is 5.06 Å². The average Bonchev–Trinajstić information content (AvgIpc) is 1.97. The second-order valence-electron chi connectivity index (χ2n) is 5.59. The third kappa shape index (κ3) is 2.60. The summed E-state index contributed by atoms with van der Waals surface area (Å²) in [6, 6.07) is 0. The maximum Gasteiger partial charge on any atom is 0.328 e. The number of hydroxylamine groups is 2. The second-order valence-corrected chi connectivity index (χ2v) is 7.50. The predicted molar refractivity (Wildman–Crippen MR) is 56.8 cm³/mol.